The molecule has 1 aromatic carbocycles. The van der Waals surface area contributed by atoms with Gasteiger partial charge in [0.25, 0.3) is 0 Å². The molecule has 1 aromatic heterocycles. The van der Waals surface area contributed by atoms with Crippen LogP contribution in [0.3, 0.4) is 0 Å². The molecule has 122 valence electrons. The lowest BCUT2D eigenvalue weighted by atomic mass is 10.2. The van der Waals surface area contributed by atoms with Crippen LogP contribution in [0.15, 0.2) is 36.4 Å². The van der Waals surface area contributed by atoms with Crippen molar-refractivity contribution in [3.05, 3.63) is 42.1 Å². The molecule has 1 aliphatic rings. The predicted molar refractivity (Wildman–Crippen MR) is 92.0 cm³/mol. The maximum Gasteiger partial charge on any atom is 0.229 e. The number of aryl methyl sites for hydroxylation is 1. The van der Waals surface area contributed by atoms with Crippen LogP contribution in [0.5, 0.6) is 0 Å². The summed E-state index contributed by atoms with van der Waals surface area (Å²) in [5, 5.41) is 3.18. The molecule has 0 bridgehead atoms. The third-order valence-corrected chi connectivity index (χ3v) is 5.74. The van der Waals surface area contributed by atoms with Crippen LogP contribution in [0.1, 0.15) is 12.1 Å². The highest BCUT2D eigenvalue weighted by atomic mass is 32.2. The van der Waals surface area contributed by atoms with Gasteiger partial charge in [-0.15, -0.1) is 0 Å². The fraction of sp³-hybridized carbons (Fsp3) is 0.375. The first-order chi connectivity index (χ1) is 10.9. The summed E-state index contributed by atoms with van der Waals surface area (Å²) < 4.78 is 23.4. The van der Waals surface area contributed by atoms with E-state index in [1.807, 2.05) is 55.3 Å². The molecule has 0 radical (unpaired) electrons. The standard InChI is InChI=1S/C16H20N4O2S/c1-12-10-15(20(2)14-8-9-23(21,22)11-14)19-16(17-12)18-13-6-4-3-5-7-13/h3-7,10,14H,8-9,11H2,1-2H3,(H,17,18,19). The first-order valence-electron chi connectivity index (χ1n) is 7.54. The van der Waals surface area contributed by atoms with Crippen molar-refractivity contribution < 1.29 is 8.42 Å². The highest BCUT2D eigenvalue weighted by Gasteiger charge is 2.31. The van der Waals surface area contributed by atoms with Gasteiger partial charge in [0.1, 0.15) is 5.82 Å². The first kappa shape index (κ1) is 15.7. The number of nitrogens with one attached hydrogen (secondary N) is 1. The Morgan fingerprint density at radius 2 is 1.96 bits per heavy atom. The van der Waals surface area contributed by atoms with Gasteiger partial charge in [-0.1, -0.05) is 18.2 Å². The predicted octanol–water partition coefficient (Wildman–Crippen LogP) is 2.15. The van der Waals surface area contributed by atoms with Crippen molar-refractivity contribution in [1.82, 2.24) is 9.97 Å². The van der Waals surface area contributed by atoms with Crippen LogP contribution < -0.4 is 10.2 Å². The second-order valence-electron chi connectivity index (χ2n) is 5.85. The normalized spacial score (nSPS) is 19.5. The lowest BCUT2D eigenvalue weighted by Crippen LogP contribution is -2.33. The molecule has 6 nitrogen and oxygen atoms in total. The molecule has 1 unspecified atom stereocenters. The Bertz CT molecular complexity index is 793. The molecule has 2 heterocycles. The van der Waals surface area contributed by atoms with E-state index in [0.29, 0.717) is 12.4 Å². The number of rotatable bonds is 4. The average molecular weight is 332 g/mol. The van der Waals surface area contributed by atoms with Crippen LogP contribution in [0.2, 0.25) is 0 Å². The Kier molecular flexibility index (Phi) is 4.21. The zero-order valence-electron chi connectivity index (χ0n) is 13.2. The summed E-state index contributed by atoms with van der Waals surface area (Å²) in [6.45, 7) is 1.90. The average Bonchev–Trinajstić information content (AvgIpc) is 2.87. The number of nitrogens with zero attached hydrogens (tertiary/aromatic N) is 3. The van der Waals surface area contributed by atoms with Gasteiger partial charge in [-0.05, 0) is 25.5 Å². The smallest absolute Gasteiger partial charge is 0.229 e. The molecule has 7 heteroatoms. The van der Waals surface area contributed by atoms with Crippen LogP contribution in [-0.4, -0.2) is 43.0 Å². The Morgan fingerprint density at radius 3 is 2.61 bits per heavy atom. The Labute approximate surface area is 136 Å². The van der Waals surface area contributed by atoms with Gasteiger partial charge in [0.2, 0.25) is 5.95 Å². The first-order valence-corrected chi connectivity index (χ1v) is 9.36. The van der Waals surface area contributed by atoms with Crippen molar-refractivity contribution in [3.63, 3.8) is 0 Å². The van der Waals surface area contributed by atoms with Crippen LogP contribution in [0.4, 0.5) is 17.5 Å². The molecule has 1 aliphatic heterocycles. The molecule has 1 atom stereocenters. The van der Waals surface area contributed by atoms with Crippen LogP contribution in [0, 0.1) is 6.92 Å². The van der Waals surface area contributed by atoms with E-state index in [2.05, 4.69) is 15.3 Å². The molecule has 0 spiro atoms. The third kappa shape index (κ3) is 3.79. The topological polar surface area (TPSA) is 75.2 Å². The number of para-hydroxylation sites is 1. The lowest BCUT2D eigenvalue weighted by molar-refractivity contribution is 0.600. The summed E-state index contributed by atoms with van der Waals surface area (Å²) in [6, 6.07) is 11.6. The van der Waals surface area contributed by atoms with Crippen molar-refractivity contribution in [2.45, 2.75) is 19.4 Å². The molecule has 1 saturated heterocycles. The SMILES string of the molecule is Cc1cc(N(C)C2CCS(=O)(=O)C2)nc(Nc2ccccc2)n1. The number of hydrogen-bond acceptors (Lipinski definition) is 6. The fourth-order valence-electron chi connectivity index (χ4n) is 2.71. The molecule has 0 saturated carbocycles. The molecule has 3 rings (SSSR count). The second kappa shape index (κ2) is 6.16. The van der Waals surface area contributed by atoms with E-state index in [1.165, 1.54) is 0 Å². The third-order valence-electron chi connectivity index (χ3n) is 3.99. The maximum absolute atomic E-state index is 11.7. The zero-order valence-corrected chi connectivity index (χ0v) is 14.0. The Balaban J connectivity index is 1.83. The van der Waals surface area contributed by atoms with E-state index in [-0.39, 0.29) is 17.5 Å². The van der Waals surface area contributed by atoms with Gasteiger partial charge in [-0.3, -0.25) is 0 Å². The quantitative estimate of drug-likeness (QED) is 0.925. The molecule has 1 N–H and O–H groups in total. The second-order valence-corrected chi connectivity index (χ2v) is 8.08. The van der Waals surface area contributed by atoms with Crippen molar-refractivity contribution in [2.75, 3.05) is 28.8 Å². The monoisotopic (exact) mass is 332 g/mol. The van der Waals surface area contributed by atoms with E-state index in [1.54, 1.807) is 0 Å². The van der Waals surface area contributed by atoms with Crippen LogP contribution >= 0.6 is 0 Å². The number of hydrogen-bond donors (Lipinski definition) is 1. The van der Waals surface area contributed by atoms with E-state index in [4.69, 9.17) is 0 Å². The largest absolute Gasteiger partial charge is 0.355 e. The number of sulfone groups is 1. The minimum atomic E-state index is -2.92. The summed E-state index contributed by atoms with van der Waals surface area (Å²) in [4.78, 5) is 10.9. The molecule has 2 aromatic rings. The minimum absolute atomic E-state index is 0.0288. The zero-order chi connectivity index (χ0) is 16.4. The van der Waals surface area contributed by atoms with E-state index < -0.39 is 9.84 Å². The number of benzene rings is 1. The molecule has 0 aliphatic carbocycles. The van der Waals surface area contributed by atoms with E-state index in [9.17, 15) is 8.42 Å². The highest BCUT2D eigenvalue weighted by molar-refractivity contribution is 7.91. The molecular formula is C16H20N4O2S. The molecule has 1 fully saturated rings. The summed E-state index contributed by atoms with van der Waals surface area (Å²) >= 11 is 0. The molecule has 23 heavy (non-hydrogen) atoms. The van der Waals surface area contributed by atoms with Gasteiger partial charge < -0.3 is 10.2 Å². The van der Waals surface area contributed by atoms with E-state index in [0.717, 1.165) is 17.2 Å². The van der Waals surface area contributed by atoms with Gasteiger partial charge in [0.15, 0.2) is 9.84 Å². The van der Waals surface area contributed by atoms with Gasteiger partial charge >= 0.3 is 0 Å². The fourth-order valence-corrected chi connectivity index (χ4v) is 4.48. The summed E-state index contributed by atoms with van der Waals surface area (Å²) in [5.74, 6) is 1.69. The Hall–Kier alpha value is -2.15. The highest BCUT2D eigenvalue weighted by Crippen LogP contribution is 2.23. The lowest BCUT2D eigenvalue weighted by Gasteiger charge is -2.25. The van der Waals surface area contributed by atoms with E-state index >= 15 is 0 Å². The number of aromatic nitrogens is 2. The number of anilines is 3. The van der Waals surface area contributed by atoms with Crippen LogP contribution in [0.25, 0.3) is 0 Å². The van der Waals surface area contributed by atoms with Crippen molar-refractivity contribution >= 4 is 27.3 Å². The molecule has 0 amide bonds. The minimum Gasteiger partial charge on any atom is -0.355 e. The maximum atomic E-state index is 11.7. The van der Waals surface area contributed by atoms with Crippen molar-refractivity contribution in [1.29, 1.82) is 0 Å². The van der Waals surface area contributed by atoms with Gasteiger partial charge in [-0.25, -0.2) is 13.4 Å². The van der Waals surface area contributed by atoms with Crippen molar-refractivity contribution in [2.24, 2.45) is 0 Å². The summed E-state index contributed by atoms with van der Waals surface area (Å²) in [5.41, 5.74) is 1.75. The van der Waals surface area contributed by atoms with Gasteiger partial charge in [-0.2, -0.15) is 4.98 Å². The van der Waals surface area contributed by atoms with Gasteiger partial charge in [0, 0.05) is 30.5 Å². The molecular weight excluding hydrogens is 312 g/mol. The van der Waals surface area contributed by atoms with Crippen molar-refractivity contribution in [3.8, 4) is 0 Å². The van der Waals surface area contributed by atoms with Crippen LogP contribution in [-0.2, 0) is 9.84 Å². The Morgan fingerprint density at radius 1 is 1.22 bits per heavy atom. The van der Waals surface area contributed by atoms with Gasteiger partial charge in [0.05, 0.1) is 11.5 Å². The summed E-state index contributed by atoms with van der Waals surface area (Å²) in [6.07, 6.45) is 0.642. The summed E-state index contributed by atoms with van der Waals surface area (Å²) in [7, 11) is -1.03.